The summed E-state index contributed by atoms with van der Waals surface area (Å²) in [5, 5.41) is 3.30. The first kappa shape index (κ1) is 10.6. The van der Waals surface area contributed by atoms with Gasteiger partial charge in [-0.3, -0.25) is 4.98 Å². The minimum atomic E-state index is 0.0548. The van der Waals surface area contributed by atoms with Crippen molar-refractivity contribution in [2.45, 2.75) is 13.0 Å². The second-order valence-corrected chi connectivity index (χ2v) is 3.78. The highest BCUT2D eigenvalue weighted by atomic mass is 14.9. The van der Waals surface area contributed by atoms with Gasteiger partial charge in [0, 0.05) is 29.8 Å². The second kappa shape index (κ2) is 4.77. The predicted octanol–water partition coefficient (Wildman–Crippen LogP) is 2.84. The summed E-state index contributed by atoms with van der Waals surface area (Å²) in [6, 6.07) is 12.0. The Morgan fingerprint density at radius 1 is 1.12 bits per heavy atom. The lowest BCUT2D eigenvalue weighted by molar-refractivity contribution is 0.819. The summed E-state index contributed by atoms with van der Waals surface area (Å²) in [6.45, 7) is 1.98. The largest absolute Gasteiger partial charge is 0.355 e. The van der Waals surface area contributed by atoms with Gasteiger partial charge in [-0.2, -0.15) is 0 Å². The Bertz CT molecular complexity index is 452. The molecule has 1 atom stereocenters. The molecule has 1 heterocycles. The van der Waals surface area contributed by atoms with Crippen molar-refractivity contribution in [3.05, 3.63) is 54.4 Å². The molecule has 0 aliphatic rings. The van der Waals surface area contributed by atoms with Crippen molar-refractivity contribution in [1.82, 2.24) is 4.98 Å². The van der Waals surface area contributed by atoms with Crippen LogP contribution >= 0.6 is 0 Å². The zero-order valence-electron chi connectivity index (χ0n) is 9.22. The van der Waals surface area contributed by atoms with E-state index in [9.17, 15) is 0 Å². The fourth-order valence-electron chi connectivity index (χ4n) is 1.50. The van der Waals surface area contributed by atoms with Crippen LogP contribution in [0.1, 0.15) is 18.5 Å². The van der Waals surface area contributed by atoms with E-state index in [4.69, 9.17) is 5.73 Å². The molecule has 0 aliphatic heterocycles. The molecule has 16 heavy (non-hydrogen) atoms. The highest BCUT2D eigenvalue weighted by molar-refractivity contribution is 5.59. The molecule has 0 saturated heterocycles. The highest BCUT2D eigenvalue weighted by Gasteiger charge is 2.00. The first-order valence-corrected chi connectivity index (χ1v) is 5.28. The molecule has 3 nitrogen and oxygen atoms in total. The van der Waals surface area contributed by atoms with Crippen LogP contribution in [-0.2, 0) is 0 Å². The molecule has 0 bridgehead atoms. The molecule has 0 spiro atoms. The van der Waals surface area contributed by atoms with Crippen molar-refractivity contribution in [2.75, 3.05) is 5.32 Å². The van der Waals surface area contributed by atoms with E-state index in [1.165, 1.54) is 0 Å². The number of aromatic nitrogens is 1. The van der Waals surface area contributed by atoms with E-state index in [-0.39, 0.29) is 6.04 Å². The lowest BCUT2D eigenvalue weighted by Crippen LogP contribution is -2.05. The van der Waals surface area contributed by atoms with Crippen LogP contribution in [0.25, 0.3) is 0 Å². The average molecular weight is 213 g/mol. The monoisotopic (exact) mass is 213 g/mol. The summed E-state index contributed by atoms with van der Waals surface area (Å²) in [5.74, 6) is 0. The van der Waals surface area contributed by atoms with Gasteiger partial charge in [0.05, 0.1) is 0 Å². The number of hydrogen-bond donors (Lipinski definition) is 2. The van der Waals surface area contributed by atoms with Crippen molar-refractivity contribution < 1.29 is 0 Å². The fraction of sp³-hybridized carbons (Fsp3) is 0.154. The normalized spacial score (nSPS) is 12.1. The summed E-state index contributed by atoms with van der Waals surface area (Å²) < 4.78 is 0. The standard InChI is InChI=1S/C13H15N3/c1-10(14)11-3-2-4-13(9-11)16-12-5-7-15-8-6-12/h2-10H,14H2,1H3,(H,15,16)/t10-/m0/s1. The molecule has 0 radical (unpaired) electrons. The highest BCUT2D eigenvalue weighted by Crippen LogP contribution is 2.19. The number of anilines is 2. The summed E-state index contributed by atoms with van der Waals surface area (Å²) in [4.78, 5) is 3.97. The molecule has 3 heteroatoms. The van der Waals surface area contributed by atoms with Crippen LogP contribution < -0.4 is 11.1 Å². The minimum Gasteiger partial charge on any atom is -0.355 e. The Morgan fingerprint density at radius 2 is 1.88 bits per heavy atom. The lowest BCUT2D eigenvalue weighted by Gasteiger charge is -2.10. The van der Waals surface area contributed by atoms with Crippen LogP contribution in [-0.4, -0.2) is 4.98 Å². The number of nitrogens with one attached hydrogen (secondary N) is 1. The van der Waals surface area contributed by atoms with Crippen molar-refractivity contribution in [2.24, 2.45) is 5.73 Å². The zero-order chi connectivity index (χ0) is 11.4. The molecule has 0 fully saturated rings. The molecular formula is C13H15N3. The zero-order valence-corrected chi connectivity index (χ0v) is 9.22. The molecule has 0 aliphatic carbocycles. The van der Waals surface area contributed by atoms with Crippen molar-refractivity contribution in [3.8, 4) is 0 Å². The third kappa shape index (κ3) is 2.58. The molecule has 3 N–H and O–H groups in total. The quantitative estimate of drug-likeness (QED) is 0.824. The van der Waals surface area contributed by atoms with Crippen LogP contribution in [0, 0.1) is 0 Å². The van der Waals surface area contributed by atoms with Crippen molar-refractivity contribution in [3.63, 3.8) is 0 Å². The molecule has 0 saturated carbocycles. The van der Waals surface area contributed by atoms with Crippen LogP contribution in [0.15, 0.2) is 48.8 Å². The Balaban J connectivity index is 2.19. The van der Waals surface area contributed by atoms with Gasteiger partial charge >= 0.3 is 0 Å². The first-order chi connectivity index (χ1) is 7.75. The van der Waals surface area contributed by atoms with Crippen LogP contribution in [0.3, 0.4) is 0 Å². The maximum Gasteiger partial charge on any atom is 0.0415 e. The van der Waals surface area contributed by atoms with E-state index in [1.807, 2.05) is 37.3 Å². The molecule has 1 aromatic carbocycles. The Kier molecular flexibility index (Phi) is 3.17. The Labute approximate surface area is 95.3 Å². The smallest absolute Gasteiger partial charge is 0.0415 e. The van der Waals surface area contributed by atoms with Gasteiger partial charge in [0.25, 0.3) is 0 Å². The van der Waals surface area contributed by atoms with Gasteiger partial charge in [-0.05, 0) is 36.8 Å². The molecule has 2 rings (SSSR count). The maximum atomic E-state index is 5.84. The Hall–Kier alpha value is -1.87. The summed E-state index contributed by atoms with van der Waals surface area (Å²) in [5.41, 5.74) is 9.03. The maximum absolute atomic E-state index is 5.84. The van der Waals surface area contributed by atoms with Gasteiger partial charge in [0.1, 0.15) is 0 Å². The number of benzene rings is 1. The molecule has 0 amide bonds. The van der Waals surface area contributed by atoms with E-state index in [0.29, 0.717) is 0 Å². The minimum absolute atomic E-state index is 0.0548. The number of nitrogens with zero attached hydrogens (tertiary/aromatic N) is 1. The number of pyridine rings is 1. The third-order valence-corrected chi connectivity index (χ3v) is 2.38. The summed E-state index contributed by atoms with van der Waals surface area (Å²) in [6.07, 6.45) is 3.52. The van der Waals surface area contributed by atoms with Crippen LogP contribution in [0.4, 0.5) is 11.4 Å². The number of rotatable bonds is 3. The van der Waals surface area contributed by atoms with Gasteiger partial charge in [-0.15, -0.1) is 0 Å². The van der Waals surface area contributed by atoms with Crippen LogP contribution in [0.2, 0.25) is 0 Å². The number of nitrogens with two attached hydrogens (primary N) is 1. The average Bonchev–Trinajstić information content (AvgIpc) is 2.30. The third-order valence-electron chi connectivity index (χ3n) is 2.38. The topological polar surface area (TPSA) is 50.9 Å². The van der Waals surface area contributed by atoms with E-state index >= 15 is 0 Å². The van der Waals surface area contributed by atoms with Gasteiger partial charge in [-0.1, -0.05) is 12.1 Å². The van der Waals surface area contributed by atoms with Gasteiger partial charge in [0.15, 0.2) is 0 Å². The molecule has 0 unspecified atom stereocenters. The lowest BCUT2D eigenvalue weighted by atomic mass is 10.1. The summed E-state index contributed by atoms with van der Waals surface area (Å²) in [7, 11) is 0. The first-order valence-electron chi connectivity index (χ1n) is 5.28. The Morgan fingerprint density at radius 3 is 2.56 bits per heavy atom. The fourth-order valence-corrected chi connectivity index (χ4v) is 1.50. The molecule has 2 aromatic rings. The van der Waals surface area contributed by atoms with E-state index in [1.54, 1.807) is 12.4 Å². The van der Waals surface area contributed by atoms with Gasteiger partial charge < -0.3 is 11.1 Å². The van der Waals surface area contributed by atoms with Gasteiger partial charge in [-0.25, -0.2) is 0 Å². The molecule has 82 valence electrons. The van der Waals surface area contributed by atoms with E-state index in [2.05, 4.69) is 16.4 Å². The second-order valence-electron chi connectivity index (χ2n) is 3.78. The van der Waals surface area contributed by atoms with Crippen LogP contribution in [0.5, 0.6) is 0 Å². The van der Waals surface area contributed by atoms with Gasteiger partial charge in [0.2, 0.25) is 0 Å². The predicted molar refractivity (Wildman–Crippen MR) is 66.6 cm³/mol. The van der Waals surface area contributed by atoms with Crippen molar-refractivity contribution >= 4 is 11.4 Å². The molecular weight excluding hydrogens is 198 g/mol. The SMILES string of the molecule is C[C@H](N)c1cccc(Nc2ccncc2)c1. The number of hydrogen-bond acceptors (Lipinski definition) is 3. The molecule has 1 aromatic heterocycles. The summed E-state index contributed by atoms with van der Waals surface area (Å²) >= 11 is 0. The van der Waals surface area contributed by atoms with E-state index < -0.39 is 0 Å². The van der Waals surface area contributed by atoms with Crippen molar-refractivity contribution in [1.29, 1.82) is 0 Å². The van der Waals surface area contributed by atoms with E-state index in [0.717, 1.165) is 16.9 Å².